The van der Waals surface area contributed by atoms with Gasteiger partial charge >= 0.3 is 0 Å². The van der Waals surface area contributed by atoms with Crippen LogP contribution in [0, 0.1) is 6.92 Å². The molecule has 0 fully saturated rings. The van der Waals surface area contributed by atoms with Crippen molar-refractivity contribution in [1.82, 2.24) is 24.7 Å². The maximum Gasteiger partial charge on any atom is 0.156 e. The van der Waals surface area contributed by atoms with Crippen molar-refractivity contribution in [2.45, 2.75) is 13.5 Å². The van der Waals surface area contributed by atoms with E-state index in [2.05, 4.69) is 38.4 Å². The number of rotatable bonds is 4. The van der Waals surface area contributed by atoms with E-state index in [4.69, 9.17) is 0 Å². The van der Waals surface area contributed by atoms with Crippen molar-refractivity contribution < 1.29 is 0 Å². The summed E-state index contributed by atoms with van der Waals surface area (Å²) in [5.41, 5.74) is 5.23. The number of H-pyrrole nitrogens is 1. The summed E-state index contributed by atoms with van der Waals surface area (Å²) in [6, 6.07) is 14.3. The maximum atomic E-state index is 4.47. The van der Waals surface area contributed by atoms with Gasteiger partial charge in [0.1, 0.15) is 5.69 Å². The van der Waals surface area contributed by atoms with E-state index in [1.165, 1.54) is 5.56 Å². The summed E-state index contributed by atoms with van der Waals surface area (Å²) in [6.45, 7) is 2.74. The minimum atomic E-state index is 0.760. The minimum absolute atomic E-state index is 0.760. The second-order valence-corrected chi connectivity index (χ2v) is 5.76. The lowest BCUT2D eigenvalue weighted by Gasteiger charge is -2.02. The van der Waals surface area contributed by atoms with E-state index >= 15 is 0 Å². The molecule has 118 valence electrons. The van der Waals surface area contributed by atoms with E-state index in [-0.39, 0.29) is 0 Å². The van der Waals surface area contributed by atoms with E-state index in [1.54, 1.807) is 6.20 Å². The highest BCUT2D eigenvalue weighted by Crippen LogP contribution is 2.23. The number of aromatic amines is 1. The minimum Gasteiger partial charge on any atom is -0.341 e. The highest BCUT2D eigenvalue weighted by Gasteiger charge is 2.07. The van der Waals surface area contributed by atoms with Gasteiger partial charge in [0.05, 0.1) is 12.7 Å². The van der Waals surface area contributed by atoms with Gasteiger partial charge in [0, 0.05) is 29.8 Å². The molecule has 0 aliphatic heterocycles. The third-order valence-electron chi connectivity index (χ3n) is 3.86. The lowest BCUT2D eigenvalue weighted by molar-refractivity contribution is 0.687. The molecule has 0 unspecified atom stereocenters. The first kappa shape index (κ1) is 14.4. The molecule has 3 heterocycles. The average Bonchev–Trinajstić information content (AvgIpc) is 3.25. The number of nitrogens with one attached hydrogen (secondary N) is 1. The molecule has 4 aromatic rings. The molecule has 0 bridgehead atoms. The fourth-order valence-electron chi connectivity index (χ4n) is 2.65. The Morgan fingerprint density at radius 3 is 2.67 bits per heavy atom. The van der Waals surface area contributed by atoms with Crippen LogP contribution >= 0.6 is 0 Å². The Balaban J connectivity index is 1.60. The van der Waals surface area contributed by atoms with Crippen LogP contribution in [0.2, 0.25) is 0 Å². The van der Waals surface area contributed by atoms with Crippen LogP contribution in [-0.4, -0.2) is 24.7 Å². The molecule has 0 saturated heterocycles. The van der Waals surface area contributed by atoms with Crippen molar-refractivity contribution in [3.63, 3.8) is 0 Å². The number of nitrogens with zero attached hydrogens (tertiary/aromatic N) is 4. The molecule has 0 radical (unpaired) electrons. The van der Waals surface area contributed by atoms with E-state index in [0.717, 1.165) is 34.9 Å². The maximum absolute atomic E-state index is 4.47. The second-order valence-electron chi connectivity index (χ2n) is 5.76. The molecule has 5 heteroatoms. The number of hydrogen-bond acceptors (Lipinski definition) is 3. The Kier molecular flexibility index (Phi) is 3.67. The summed E-state index contributed by atoms with van der Waals surface area (Å²) in [7, 11) is 0. The Morgan fingerprint density at radius 2 is 1.88 bits per heavy atom. The van der Waals surface area contributed by atoms with Gasteiger partial charge in [-0.25, -0.2) is 4.98 Å². The fourth-order valence-corrected chi connectivity index (χ4v) is 2.65. The second kappa shape index (κ2) is 6.12. The number of pyridine rings is 1. The summed E-state index contributed by atoms with van der Waals surface area (Å²) in [5, 5.41) is 4.47. The molecule has 0 atom stereocenters. The van der Waals surface area contributed by atoms with Crippen LogP contribution < -0.4 is 0 Å². The monoisotopic (exact) mass is 315 g/mol. The van der Waals surface area contributed by atoms with E-state index < -0.39 is 0 Å². The number of benzene rings is 1. The van der Waals surface area contributed by atoms with Crippen LogP contribution in [0.3, 0.4) is 0 Å². The topological polar surface area (TPSA) is 59.4 Å². The lowest BCUT2D eigenvalue weighted by atomic mass is 10.1. The normalized spacial score (nSPS) is 10.9. The Labute approximate surface area is 140 Å². The molecule has 0 aliphatic rings. The largest absolute Gasteiger partial charge is 0.341 e. The van der Waals surface area contributed by atoms with Crippen LogP contribution in [0.1, 0.15) is 11.3 Å². The van der Waals surface area contributed by atoms with Crippen molar-refractivity contribution >= 4 is 0 Å². The average molecular weight is 315 g/mol. The number of imidazole rings is 1. The van der Waals surface area contributed by atoms with Crippen LogP contribution in [0.15, 0.2) is 67.3 Å². The SMILES string of the molecule is Cc1cnc(-c2cc(-c3cnn(Cc4ccccc4)c3)ccn2)[nH]1. The Morgan fingerprint density at radius 1 is 1.00 bits per heavy atom. The smallest absolute Gasteiger partial charge is 0.156 e. The summed E-state index contributed by atoms with van der Waals surface area (Å²) >= 11 is 0. The number of aryl methyl sites for hydroxylation is 1. The third-order valence-corrected chi connectivity index (χ3v) is 3.86. The third kappa shape index (κ3) is 2.96. The van der Waals surface area contributed by atoms with E-state index in [0.29, 0.717) is 0 Å². The van der Waals surface area contributed by atoms with Crippen molar-refractivity contribution in [3.8, 4) is 22.6 Å². The molecular formula is C19H17N5. The quantitative estimate of drug-likeness (QED) is 0.625. The lowest BCUT2D eigenvalue weighted by Crippen LogP contribution is -1.99. The van der Waals surface area contributed by atoms with Gasteiger partial charge in [-0.3, -0.25) is 9.67 Å². The predicted octanol–water partition coefficient (Wildman–Crippen LogP) is 3.69. The Bertz CT molecular complexity index is 953. The zero-order valence-corrected chi connectivity index (χ0v) is 13.3. The van der Waals surface area contributed by atoms with Gasteiger partial charge in [0.2, 0.25) is 0 Å². The molecule has 1 N–H and O–H groups in total. The molecule has 0 amide bonds. The summed E-state index contributed by atoms with van der Waals surface area (Å²) in [4.78, 5) is 12.0. The molecule has 0 spiro atoms. The Hall–Kier alpha value is -3.21. The molecular weight excluding hydrogens is 298 g/mol. The van der Waals surface area contributed by atoms with E-state index in [1.807, 2.05) is 54.3 Å². The highest BCUT2D eigenvalue weighted by molar-refractivity contribution is 5.66. The van der Waals surface area contributed by atoms with Gasteiger partial charge in [-0.05, 0) is 30.2 Å². The molecule has 3 aromatic heterocycles. The number of hydrogen-bond donors (Lipinski definition) is 1. The van der Waals surface area contributed by atoms with Gasteiger partial charge in [0.15, 0.2) is 5.82 Å². The van der Waals surface area contributed by atoms with Crippen LogP contribution in [0.4, 0.5) is 0 Å². The van der Waals surface area contributed by atoms with Gasteiger partial charge in [0.25, 0.3) is 0 Å². The van der Waals surface area contributed by atoms with Crippen LogP contribution in [-0.2, 0) is 6.54 Å². The molecule has 0 aliphatic carbocycles. The van der Waals surface area contributed by atoms with Gasteiger partial charge in [-0.15, -0.1) is 0 Å². The predicted molar refractivity (Wildman–Crippen MR) is 93.3 cm³/mol. The standard InChI is InChI=1S/C19H17N5/c1-14-10-21-19(23-14)18-9-16(7-8-20-18)17-11-22-24(13-17)12-15-5-3-2-4-6-15/h2-11,13H,12H2,1H3,(H,21,23). The van der Waals surface area contributed by atoms with E-state index in [9.17, 15) is 0 Å². The molecule has 0 saturated carbocycles. The zero-order valence-electron chi connectivity index (χ0n) is 13.3. The fraction of sp³-hybridized carbons (Fsp3) is 0.105. The number of aromatic nitrogens is 5. The first-order chi connectivity index (χ1) is 11.8. The van der Waals surface area contributed by atoms with Crippen molar-refractivity contribution in [1.29, 1.82) is 0 Å². The van der Waals surface area contributed by atoms with Crippen LogP contribution in [0.5, 0.6) is 0 Å². The first-order valence-corrected chi connectivity index (χ1v) is 7.83. The molecule has 5 nitrogen and oxygen atoms in total. The van der Waals surface area contributed by atoms with Crippen LogP contribution in [0.25, 0.3) is 22.6 Å². The molecule has 24 heavy (non-hydrogen) atoms. The summed E-state index contributed by atoms with van der Waals surface area (Å²) in [6.07, 6.45) is 7.55. The first-order valence-electron chi connectivity index (χ1n) is 7.83. The van der Waals surface area contributed by atoms with Gasteiger partial charge < -0.3 is 4.98 Å². The van der Waals surface area contributed by atoms with Crippen molar-refractivity contribution in [3.05, 3.63) is 78.5 Å². The van der Waals surface area contributed by atoms with Gasteiger partial charge in [-0.1, -0.05) is 30.3 Å². The summed E-state index contributed by atoms with van der Waals surface area (Å²) in [5.74, 6) is 0.783. The molecule has 1 aromatic carbocycles. The summed E-state index contributed by atoms with van der Waals surface area (Å²) < 4.78 is 1.95. The zero-order chi connectivity index (χ0) is 16.4. The van der Waals surface area contributed by atoms with Gasteiger partial charge in [-0.2, -0.15) is 5.10 Å². The van der Waals surface area contributed by atoms with Crippen molar-refractivity contribution in [2.24, 2.45) is 0 Å². The highest BCUT2D eigenvalue weighted by atomic mass is 15.3. The molecule has 4 rings (SSSR count). The van der Waals surface area contributed by atoms with Crippen molar-refractivity contribution in [2.75, 3.05) is 0 Å².